The monoisotopic (exact) mass is 520 g/mol. The zero-order chi connectivity index (χ0) is 27.1. The molecule has 4 rings (SSSR count). The zero-order valence-electron chi connectivity index (χ0n) is 21.0. The second-order valence-electron chi connectivity index (χ2n) is 9.76. The molecule has 3 aliphatic carbocycles. The van der Waals surface area contributed by atoms with Crippen LogP contribution in [0.25, 0.3) is 0 Å². The van der Waals surface area contributed by atoms with E-state index in [9.17, 15) is 29.4 Å². The molecule has 0 bridgehead atoms. The number of rotatable bonds is 9. The highest BCUT2D eigenvalue weighted by molar-refractivity contribution is 6.06. The number of carbonyl (C=O) groups excluding carboxylic acids is 4. The minimum Gasteiger partial charge on any atom is -0.510 e. The first-order valence-corrected chi connectivity index (χ1v) is 12.9. The predicted molar refractivity (Wildman–Crippen MR) is 139 cm³/mol. The van der Waals surface area contributed by atoms with Gasteiger partial charge in [0.2, 0.25) is 17.6 Å². The first-order valence-electron chi connectivity index (χ1n) is 12.9. The molecule has 1 aliphatic heterocycles. The molecule has 1 saturated heterocycles. The number of aliphatic hydroxyl groups is 2. The Morgan fingerprint density at radius 1 is 0.921 bits per heavy atom. The average Bonchev–Trinajstić information content (AvgIpc) is 3.66. The third-order valence-electron chi connectivity index (χ3n) is 6.85. The van der Waals surface area contributed by atoms with Crippen LogP contribution >= 0.6 is 0 Å². The summed E-state index contributed by atoms with van der Waals surface area (Å²) >= 11 is 0. The molecule has 4 N–H and O–H groups in total. The second-order valence-corrected chi connectivity index (χ2v) is 9.76. The number of Topliss-reactive ketones (excluding diaryl/α,β-unsaturated/α-hetero) is 2. The van der Waals surface area contributed by atoms with Crippen molar-refractivity contribution in [1.29, 1.82) is 0 Å². The van der Waals surface area contributed by atoms with E-state index in [1.165, 1.54) is 74.6 Å². The van der Waals surface area contributed by atoms with Crippen LogP contribution in [0.1, 0.15) is 44.9 Å². The molecule has 38 heavy (non-hydrogen) atoms. The van der Waals surface area contributed by atoms with Gasteiger partial charge in [-0.3, -0.25) is 19.2 Å². The van der Waals surface area contributed by atoms with Gasteiger partial charge in [-0.15, -0.1) is 0 Å². The van der Waals surface area contributed by atoms with Crippen molar-refractivity contribution in [3.05, 3.63) is 84.0 Å². The Morgan fingerprint density at radius 2 is 1.61 bits per heavy atom. The maximum absolute atomic E-state index is 12.5. The predicted octanol–water partition coefficient (Wildman–Crippen LogP) is 2.68. The molecule has 0 aromatic rings. The number of fused-ring (bicyclic) bond motifs is 1. The lowest BCUT2D eigenvalue weighted by molar-refractivity contribution is -0.121. The molecule has 9 nitrogen and oxygen atoms in total. The van der Waals surface area contributed by atoms with Crippen LogP contribution in [0.4, 0.5) is 0 Å². The smallest absolute Gasteiger partial charge is 0.248 e. The molecule has 0 aromatic carbocycles. The van der Waals surface area contributed by atoms with Crippen molar-refractivity contribution in [3.8, 4) is 0 Å². The van der Waals surface area contributed by atoms with Crippen LogP contribution in [0.2, 0.25) is 0 Å². The molecule has 0 unspecified atom stereocenters. The molecule has 9 heteroatoms. The Labute approximate surface area is 221 Å². The summed E-state index contributed by atoms with van der Waals surface area (Å²) in [7, 11) is 0. The van der Waals surface area contributed by atoms with Gasteiger partial charge in [0.25, 0.3) is 0 Å². The summed E-state index contributed by atoms with van der Waals surface area (Å²) in [6.07, 6.45) is 21.8. The summed E-state index contributed by atoms with van der Waals surface area (Å²) in [5.41, 5.74) is -1.69. The van der Waals surface area contributed by atoms with Crippen LogP contribution in [-0.2, 0) is 23.9 Å². The standard InChI is InChI=1S/C29H32N2O7/c32-21-15-16-22(33)25(21)31-24(35)13-6-1-2-9-17-29(37)18-20(26(36)27-28(29)38-27)30-23(34)14-8-7-12-19-10-4-3-5-11-19/h1-2,6-9,12-14,17-19,27-28,32,37H,3-5,10-11,15-16H2,(H,30,34)(H,31,35)/b2-1+,12-7+,13-6+,14-8+,17-9+/t27-,28-,29+/m0/s1. The molecule has 200 valence electrons. The topological polar surface area (TPSA) is 145 Å². The van der Waals surface area contributed by atoms with Crippen LogP contribution in [0.15, 0.2) is 84.0 Å². The van der Waals surface area contributed by atoms with E-state index in [2.05, 4.69) is 16.7 Å². The molecule has 0 spiro atoms. The molecular formula is C29H32N2O7. The van der Waals surface area contributed by atoms with E-state index in [1.54, 1.807) is 12.2 Å². The fourth-order valence-corrected chi connectivity index (χ4v) is 4.74. The molecule has 1 saturated carbocycles. The number of hydrogen-bond acceptors (Lipinski definition) is 7. The van der Waals surface area contributed by atoms with Gasteiger partial charge >= 0.3 is 0 Å². The molecular weight excluding hydrogens is 488 g/mol. The minimum atomic E-state index is -1.59. The van der Waals surface area contributed by atoms with E-state index in [-0.39, 0.29) is 41.6 Å². The molecule has 4 aliphatic rings. The Hall–Kier alpha value is -3.82. The Kier molecular flexibility index (Phi) is 8.70. The number of amides is 2. The Bertz CT molecular complexity index is 1200. The Balaban J connectivity index is 1.30. The van der Waals surface area contributed by atoms with Crippen LogP contribution < -0.4 is 10.6 Å². The quantitative estimate of drug-likeness (QED) is 0.208. The van der Waals surface area contributed by atoms with Crippen molar-refractivity contribution >= 4 is 23.4 Å². The fourth-order valence-electron chi connectivity index (χ4n) is 4.74. The number of ether oxygens (including phenoxy) is 1. The van der Waals surface area contributed by atoms with Gasteiger partial charge in [-0.05, 0) is 30.9 Å². The molecule has 0 radical (unpaired) electrons. The summed E-state index contributed by atoms with van der Waals surface area (Å²) in [4.78, 5) is 48.3. The summed E-state index contributed by atoms with van der Waals surface area (Å²) in [6.45, 7) is 0. The normalized spacial score (nSPS) is 28.3. The number of allylic oxidation sites excluding steroid dienone is 9. The summed E-state index contributed by atoms with van der Waals surface area (Å²) in [5, 5.41) is 25.5. The maximum atomic E-state index is 12.5. The van der Waals surface area contributed by atoms with Crippen molar-refractivity contribution < 1.29 is 34.1 Å². The van der Waals surface area contributed by atoms with Crippen LogP contribution in [-0.4, -0.2) is 51.4 Å². The fraction of sp³-hybridized carbons (Fsp3) is 0.379. The van der Waals surface area contributed by atoms with Crippen LogP contribution in [0.5, 0.6) is 0 Å². The van der Waals surface area contributed by atoms with Gasteiger partial charge in [0.05, 0.1) is 5.70 Å². The van der Waals surface area contributed by atoms with Gasteiger partial charge < -0.3 is 25.6 Å². The largest absolute Gasteiger partial charge is 0.510 e. The second kappa shape index (κ2) is 12.1. The van der Waals surface area contributed by atoms with E-state index in [0.717, 1.165) is 0 Å². The summed E-state index contributed by atoms with van der Waals surface area (Å²) in [5.74, 6) is -1.32. The van der Waals surface area contributed by atoms with Crippen LogP contribution in [0.3, 0.4) is 0 Å². The van der Waals surface area contributed by atoms with Crippen molar-refractivity contribution in [2.45, 2.75) is 62.8 Å². The minimum absolute atomic E-state index is 0.0265. The lowest BCUT2D eigenvalue weighted by atomic mass is 9.88. The number of nitrogens with one attached hydrogen (secondary N) is 2. The number of hydrogen-bond donors (Lipinski definition) is 4. The highest BCUT2D eigenvalue weighted by Crippen LogP contribution is 2.40. The summed E-state index contributed by atoms with van der Waals surface area (Å²) in [6, 6.07) is 0. The number of aliphatic hydroxyl groups excluding tert-OH is 1. The number of ketones is 2. The number of epoxide rings is 1. The highest BCUT2D eigenvalue weighted by Gasteiger charge is 2.59. The molecule has 2 fully saturated rings. The molecule has 3 atom stereocenters. The third kappa shape index (κ3) is 6.93. The van der Waals surface area contributed by atoms with Crippen LogP contribution in [0, 0.1) is 5.92 Å². The zero-order valence-corrected chi connectivity index (χ0v) is 21.0. The van der Waals surface area contributed by atoms with Crippen molar-refractivity contribution in [1.82, 2.24) is 10.6 Å². The third-order valence-corrected chi connectivity index (χ3v) is 6.85. The highest BCUT2D eigenvalue weighted by atomic mass is 16.6. The number of carbonyl (C=O) groups is 4. The summed E-state index contributed by atoms with van der Waals surface area (Å²) < 4.78 is 5.35. The van der Waals surface area contributed by atoms with Gasteiger partial charge in [0, 0.05) is 25.0 Å². The van der Waals surface area contributed by atoms with Gasteiger partial charge in [0.1, 0.15) is 23.2 Å². The SMILES string of the molecule is O=C(/C=C/C=C/C1CCCCC1)NC1=C[C@](O)(/C=C/C=C/C=C/C(=O)NC2=C(O)CCC2=O)[C@H]2O[C@H]2C1=O. The van der Waals surface area contributed by atoms with Crippen molar-refractivity contribution in [2.24, 2.45) is 5.92 Å². The maximum Gasteiger partial charge on any atom is 0.248 e. The first kappa shape index (κ1) is 27.2. The Morgan fingerprint density at radius 3 is 2.32 bits per heavy atom. The van der Waals surface area contributed by atoms with E-state index in [0.29, 0.717) is 5.92 Å². The first-order chi connectivity index (χ1) is 18.3. The van der Waals surface area contributed by atoms with Gasteiger partial charge in [0.15, 0.2) is 11.9 Å². The van der Waals surface area contributed by atoms with E-state index in [4.69, 9.17) is 4.74 Å². The molecule has 2 amide bonds. The van der Waals surface area contributed by atoms with Gasteiger partial charge in [-0.2, -0.15) is 0 Å². The lowest BCUT2D eigenvalue weighted by Gasteiger charge is -2.23. The van der Waals surface area contributed by atoms with E-state index >= 15 is 0 Å². The van der Waals surface area contributed by atoms with Gasteiger partial charge in [-0.25, -0.2) is 0 Å². The van der Waals surface area contributed by atoms with Crippen molar-refractivity contribution in [3.63, 3.8) is 0 Å². The average molecular weight is 521 g/mol. The lowest BCUT2D eigenvalue weighted by Crippen LogP contribution is -2.42. The van der Waals surface area contributed by atoms with E-state index < -0.39 is 29.6 Å². The van der Waals surface area contributed by atoms with E-state index in [1.807, 2.05) is 6.08 Å². The molecule has 0 aromatic heterocycles. The van der Waals surface area contributed by atoms with Gasteiger partial charge in [-0.1, -0.05) is 61.8 Å². The van der Waals surface area contributed by atoms with Crippen molar-refractivity contribution in [2.75, 3.05) is 0 Å². The molecule has 1 heterocycles.